The number of benzene rings is 1. The van der Waals surface area contributed by atoms with Crippen LogP contribution in [0.5, 0.6) is 0 Å². The minimum atomic E-state index is -0.302. The lowest BCUT2D eigenvalue weighted by Gasteiger charge is -2.16. The van der Waals surface area contributed by atoms with E-state index in [-0.39, 0.29) is 11.9 Å². The monoisotopic (exact) mass is 325 g/mol. The van der Waals surface area contributed by atoms with Gasteiger partial charge < -0.3 is 9.64 Å². The molecule has 1 aromatic rings. The number of hydrogen-bond donors (Lipinski definition) is 0. The summed E-state index contributed by atoms with van der Waals surface area (Å²) >= 11 is 0. The molecule has 126 valence electrons. The zero-order chi connectivity index (χ0) is 16.8. The van der Waals surface area contributed by atoms with Gasteiger partial charge in [0, 0.05) is 24.7 Å². The summed E-state index contributed by atoms with van der Waals surface area (Å²) in [6.45, 7) is 1.28. The average Bonchev–Trinajstić information content (AvgIpc) is 3.05. The van der Waals surface area contributed by atoms with Crippen molar-refractivity contribution in [3.05, 3.63) is 48.1 Å². The molecular formula is C20H23NO3. The molecule has 2 aliphatic rings. The van der Waals surface area contributed by atoms with E-state index in [0.29, 0.717) is 18.9 Å². The van der Waals surface area contributed by atoms with Crippen molar-refractivity contribution >= 4 is 23.6 Å². The first-order valence-electron chi connectivity index (χ1n) is 8.62. The second-order valence-corrected chi connectivity index (χ2v) is 6.35. The number of hydrogen-bond acceptors (Lipinski definition) is 3. The highest BCUT2D eigenvalue weighted by molar-refractivity contribution is 5.95. The molecular weight excluding hydrogens is 302 g/mol. The van der Waals surface area contributed by atoms with Crippen LogP contribution in [0.25, 0.3) is 6.08 Å². The number of carbonyl (C=O) groups excluding carboxylic acids is 2. The highest BCUT2D eigenvalue weighted by Crippen LogP contribution is 2.22. The van der Waals surface area contributed by atoms with Crippen LogP contribution in [0, 0.1) is 5.92 Å². The van der Waals surface area contributed by atoms with Crippen LogP contribution < -0.4 is 4.90 Å². The molecule has 0 N–H and O–H groups in total. The molecule has 1 aliphatic carbocycles. The molecule has 1 fully saturated rings. The fourth-order valence-corrected chi connectivity index (χ4v) is 3.11. The Morgan fingerprint density at radius 1 is 1.25 bits per heavy atom. The summed E-state index contributed by atoms with van der Waals surface area (Å²) in [5, 5.41) is 0. The van der Waals surface area contributed by atoms with Gasteiger partial charge in [-0.15, -0.1) is 0 Å². The van der Waals surface area contributed by atoms with Crippen LogP contribution in [0.3, 0.4) is 0 Å². The minimum Gasteiger partial charge on any atom is -0.462 e. The first-order valence-corrected chi connectivity index (χ1v) is 8.62. The predicted molar refractivity (Wildman–Crippen MR) is 94.5 cm³/mol. The highest BCUT2D eigenvalue weighted by Gasteiger charge is 2.21. The van der Waals surface area contributed by atoms with Crippen molar-refractivity contribution in [2.24, 2.45) is 5.92 Å². The maximum Gasteiger partial charge on any atom is 0.330 e. The van der Waals surface area contributed by atoms with Crippen molar-refractivity contribution in [3.8, 4) is 0 Å². The summed E-state index contributed by atoms with van der Waals surface area (Å²) in [7, 11) is 0. The zero-order valence-electron chi connectivity index (χ0n) is 13.8. The largest absolute Gasteiger partial charge is 0.462 e. The molecule has 1 saturated heterocycles. The van der Waals surface area contributed by atoms with Gasteiger partial charge in [-0.05, 0) is 55.4 Å². The lowest BCUT2D eigenvalue weighted by Crippen LogP contribution is -2.23. The number of amides is 1. The molecule has 1 atom stereocenters. The van der Waals surface area contributed by atoms with E-state index in [0.717, 1.165) is 43.5 Å². The maximum atomic E-state index is 11.8. The SMILES string of the molecule is O=C(/C=C/c1ccc(N2CCCC2=O)cc1)OCC1CC=CCC1. The maximum absolute atomic E-state index is 11.8. The van der Waals surface area contributed by atoms with Crippen molar-refractivity contribution < 1.29 is 14.3 Å². The molecule has 0 saturated carbocycles. The van der Waals surface area contributed by atoms with Crippen LogP contribution in [0.1, 0.15) is 37.7 Å². The molecule has 4 heteroatoms. The van der Waals surface area contributed by atoms with Crippen LogP contribution in [0.15, 0.2) is 42.5 Å². The van der Waals surface area contributed by atoms with E-state index >= 15 is 0 Å². The normalized spacial score (nSPS) is 20.8. The van der Waals surface area contributed by atoms with Gasteiger partial charge in [0.05, 0.1) is 6.61 Å². The van der Waals surface area contributed by atoms with Crippen molar-refractivity contribution in [2.45, 2.75) is 32.1 Å². The smallest absolute Gasteiger partial charge is 0.330 e. The van der Waals surface area contributed by atoms with Crippen molar-refractivity contribution in [2.75, 3.05) is 18.1 Å². The summed E-state index contributed by atoms with van der Waals surface area (Å²) in [6, 6.07) is 7.67. The van der Waals surface area contributed by atoms with Gasteiger partial charge in [0.25, 0.3) is 0 Å². The molecule has 0 spiro atoms. The summed E-state index contributed by atoms with van der Waals surface area (Å²) in [4.78, 5) is 25.3. The average molecular weight is 325 g/mol. The van der Waals surface area contributed by atoms with Crippen molar-refractivity contribution in [1.29, 1.82) is 0 Å². The molecule has 1 aliphatic heterocycles. The van der Waals surface area contributed by atoms with Gasteiger partial charge in [-0.3, -0.25) is 4.79 Å². The molecule has 1 aromatic carbocycles. The van der Waals surface area contributed by atoms with E-state index in [1.165, 1.54) is 6.08 Å². The number of anilines is 1. The fourth-order valence-electron chi connectivity index (χ4n) is 3.11. The molecule has 3 rings (SSSR count). The van der Waals surface area contributed by atoms with Gasteiger partial charge in [-0.1, -0.05) is 24.3 Å². The van der Waals surface area contributed by atoms with E-state index in [1.807, 2.05) is 24.3 Å². The first-order chi connectivity index (χ1) is 11.7. The number of nitrogens with zero attached hydrogens (tertiary/aromatic N) is 1. The molecule has 0 radical (unpaired) electrons. The van der Waals surface area contributed by atoms with Crippen LogP contribution in [0.4, 0.5) is 5.69 Å². The third kappa shape index (κ3) is 4.34. The third-order valence-electron chi connectivity index (χ3n) is 4.53. The van der Waals surface area contributed by atoms with E-state index in [2.05, 4.69) is 12.2 Å². The summed E-state index contributed by atoms with van der Waals surface area (Å²) in [5.74, 6) is 0.326. The Kier molecular flexibility index (Phi) is 5.47. The number of carbonyl (C=O) groups is 2. The standard InChI is InChI=1S/C20H23NO3/c22-19-7-4-14-21(19)18-11-8-16(9-12-18)10-13-20(23)24-15-17-5-2-1-3-6-17/h1-2,8-13,17H,3-7,14-15H2/b13-10+. The van der Waals surface area contributed by atoms with Crippen molar-refractivity contribution in [3.63, 3.8) is 0 Å². The van der Waals surface area contributed by atoms with E-state index in [4.69, 9.17) is 4.74 Å². The van der Waals surface area contributed by atoms with Crippen LogP contribution >= 0.6 is 0 Å². The Balaban J connectivity index is 1.49. The summed E-state index contributed by atoms with van der Waals surface area (Å²) in [6.07, 6.45) is 12.3. The van der Waals surface area contributed by atoms with E-state index in [1.54, 1.807) is 11.0 Å². The topological polar surface area (TPSA) is 46.6 Å². The number of allylic oxidation sites excluding steroid dienone is 2. The Morgan fingerprint density at radius 2 is 2.08 bits per heavy atom. The Hall–Kier alpha value is -2.36. The fraction of sp³-hybridized carbons (Fsp3) is 0.400. The number of ether oxygens (including phenoxy) is 1. The van der Waals surface area contributed by atoms with Gasteiger partial charge in [-0.25, -0.2) is 4.79 Å². The van der Waals surface area contributed by atoms with Gasteiger partial charge in [0.15, 0.2) is 0 Å². The Bertz CT molecular complexity index is 645. The summed E-state index contributed by atoms with van der Waals surface area (Å²) < 4.78 is 5.31. The van der Waals surface area contributed by atoms with Gasteiger partial charge in [-0.2, -0.15) is 0 Å². The van der Waals surface area contributed by atoms with Crippen LogP contribution in [-0.4, -0.2) is 25.0 Å². The Labute approximate surface area is 142 Å². The molecule has 4 nitrogen and oxygen atoms in total. The molecule has 0 aromatic heterocycles. The van der Waals surface area contributed by atoms with Gasteiger partial charge >= 0.3 is 5.97 Å². The molecule has 1 unspecified atom stereocenters. The number of esters is 1. The Morgan fingerprint density at radius 3 is 2.75 bits per heavy atom. The van der Waals surface area contributed by atoms with Crippen LogP contribution in [0.2, 0.25) is 0 Å². The predicted octanol–water partition coefficient (Wildman–Crippen LogP) is 3.73. The quantitative estimate of drug-likeness (QED) is 0.471. The van der Waals surface area contributed by atoms with E-state index < -0.39 is 0 Å². The molecule has 1 amide bonds. The van der Waals surface area contributed by atoms with Gasteiger partial charge in [0.1, 0.15) is 0 Å². The highest BCUT2D eigenvalue weighted by atomic mass is 16.5. The lowest BCUT2D eigenvalue weighted by atomic mass is 9.95. The molecule has 0 bridgehead atoms. The van der Waals surface area contributed by atoms with Crippen molar-refractivity contribution in [1.82, 2.24) is 0 Å². The van der Waals surface area contributed by atoms with Crippen LogP contribution in [-0.2, 0) is 14.3 Å². The summed E-state index contributed by atoms with van der Waals surface area (Å²) in [5.41, 5.74) is 1.84. The first kappa shape index (κ1) is 16.5. The molecule has 1 heterocycles. The molecule has 24 heavy (non-hydrogen) atoms. The van der Waals surface area contributed by atoms with Gasteiger partial charge in [0.2, 0.25) is 5.91 Å². The minimum absolute atomic E-state index is 0.180. The second kappa shape index (κ2) is 7.95. The lowest BCUT2D eigenvalue weighted by molar-refractivity contribution is -0.139. The number of rotatable bonds is 5. The third-order valence-corrected chi connectivity index (χ3v) is 4.53. The second-order valence-electron chi connectivity index (χ2n) is 6.35. The van der Waals surface area contributed by atoms with E-state index in [9.17, 15) is 9.59 Å². The zero-order valence-corrected chi connectivity index (χ0v) is 13.8.